The molecule has 0 aliphatic rings. The van der Waals surface area contributed by atoms with E-state index in [4.69, 9.17) is 0 Å². The highest BCUT2D eigenvalue weighted by Gasteiger charge is 2.05. The van der Waals surface area contributed by atoms with Crippen molar-refractivity contribution < 1.29 is 0 Å². The van der Waals surface area contributed by atoms with Gasteiger partial charge in [-0.2, -0.15) is 0 Å². The SMILES string of the molecule is Cn1cnnc1Cc1cccc2ccccc12. The molecular formula is C14H13N3. The molecule has 0 saturated heterocycles. The Balaban J connectivity index is 2.09. The van der Waals surface area contributed by atoms with Gasteiger partial charge in [-0.25, -0.2) is 0 Å². The molecule has 3 nitrogen and oxygen atoms in total. The highest BCUT2D eigenvalue weighted by Crippen LogP contribution is 2.20. The number of benzene rings is 2. The lowest BCUT2D eigenvalue weighted by Gasteiger charge is -2.05. The zero-order valence-electron chi connectivity index (χ0n) is 9.67. The van der Waals surface area contributed by atoms with E-state index in [1.807, 2.05) is 11.6 Å². The first-order valence-corrected chi connectivity index (χ1v) is 5.64. The van der Waals surface area contributed by atoms with Crippen LogP contribution in [0, 0.1) is 0 Å². The second-order valence-electron chi connectivity index (χ2n) is 4.17. The number of hydrogen-bond acceptors (Lipinski definition) is 2. The van der Waals surface area contributed by atoms with Crippen LogP contribution in [0.15, 0.2) is 48.8 Å². The maximum Gasteiger partial charge on any atom is 0.136 e. The fourth-order valence-corrected chi connectivity index (χ4v) is 2.08. The van der Waals surface area contributed by atoms with Crippen molar-refractivity contribution in [3.63, 3.8) is 0 Å². The van der Waals surface area contributed by atoms with Crippen LogP contribution < -0.4 is 0 Å². The second kappa shape index (κ2) is 4.01. The summed E-state index contributed by atoms with van der Waals surface area (Å²) in [6.45, 7) is 0. The lowest BCUT2D eigenvalue weighted by atomic mass is 10.0. The van der Waals surface area contributed by atoms with E-state index in [1.54, 1.807) is 6.33 Å². The van der Waals surface area contributed by atoms with Crippen molar-refractivity contribution >= 4 is 10.8 Å². The Hall–Kier alpha value is -2.16. The zero-order chi connectivity index (χ0) is 11.7. The molecule has 3 heteroatoms. The molecule has 0 saturated carbocycles. The minimum atomic E-state index is 0.817. The third-order valence-electron chi connectivity index (χ3n) is 3.03. The molecule has 3 rings (SSSR count). The van der Waals surface area contributed by atoms with Crippen molar-refractivity contribution in [2.24, 2.45) is 7.05 Å². The van der Waals surface area contributed by atoms with Crippen LogP contribution in [0.25, 0.3) is 10.8 Å². The molecule has 1 heterocycles. The molecule has 0 unspecified atom stereocenters. The van der Waals surface area contributed by atoms with Crippen LogP contribution in [0.4, 0.5) is 0 Å². The number of nitrogens with zero attached hydrogens (tertiary/aromatic N) is 3. The maximum atomic E-state index is 4.13. The molecule has 2 aromatic carbocycles. The van der Waals surface area contributed by atoms with Crippen LogP contribution in [-0.2, 0) is 13.5 Å². The van der Waals surface area contributed by atoms with E-state index >= 15 is 0 Å². The normalized spacial score (nSPS) is 10.9. The Kier molecular flexibility index (Phi) is 2.37. The molecule has 84 valence electrons. The monoisotopic (exact) mass is 223 g/mol. The molecule has 17 heavy (non-hydrogen) atoms. The van der Waals surface area contributed by atoms with Crippen LogP contribution in [-0.4, -0.2) is 14.8 Å². The van der Waals surface area contributed by atoms with Gasteiger partial charge in [0.1, 0.15) is 12.2 Å². The Labute approximate surface area is 99.7 Å². The first-order chi connectivity index (χ1) is 8.34. The van der Waals surface area contributed by atoms with Gasteiger partial charge in [-0.3, -0.25) is 0 Å². The predicted molar refractivity (Wildman–Crippen MR) is 67.8 cm³/mol. The molecular weight excluding hydrogens is 210 g/mol. The summed E-state index contributed by atoms with van der Waals surface area (Å²) in [4.78, 5) is 0. The number of fused-ring (bicyclic) bond motifs is 1. The summed E-state index contributed by atoms with van der Waals surface area (Å²) in [5.41, 5.74) is 1.29. The van der Waals surface area contributed by atoms with Crippen LogP contribution in [0.3, 0.4) is 0 Å². The summed E-state index contributed by atoms with van der Waals surface area (Å²) in [5.74, 6) is 0.987. The standard InChI is InChI=1S/C14H13N3/c1-17-10-15-16-14(17)9-12-7-4-6-11-5-2-3-8-13(11)12/h2-8,10H,9H2,1H3. The summed E-state index contributed by atoms with van der Waals surface area (Å²) >= 11 is 0. The predicted octanol–water partition coefficient (Wildman–Crippen LogP) is 2.56. The highest BCUT2D eigenvalue weighted by atomic mass is 15.2. The van der Waals surface area contributed by atoms with Gasteiger partial charge in [0.05, 0.1) is 0 Å². The Morgan fingerprint density at radius 1 is 1.06 bits per heavy atom. The minimum absolute atomic E-state index is 0.817. The summed E-state index contributed by atoms with van der Waals surface area (Å²) in [6.07, 6.45) is 2.55. The van der Waals surface area contributed by atoms with E-state index in [0.29, 0.717) is 0 Å². The van der Waals surface area contributed by atoms with Crippen LogP contribution in [0.1, 0.15) is 11.4 Å². The largest absolute Gasteiger partial charge is 0.320 e. The number of rotatable bonds is 2. The van der Waals surface area contributed by atoms with Crippen molar-refractivity contribution in [1.82, 2.24) is 14.8 Å². The van der Waals surface area contributed by atoms with Gasteiger partial charge in [-0.15, -0.1) is 10.2 Å². The van der Waals surface area contributed by atoms with E-state index in [0.717, 1.165) is 12.2 Å². The van der Waals surface area contributed by atoms with E-state index < -0.39 is 0 Å². The average Bonchev–Trinajstić information content (AvgIpc) is 2.76. The average molecular weight is 223 g/mol. The lowest BCUT2D eigenvalue weighted by molar-refractivity contribution is 0.823. The molecule has 0 aliphatic carbocycles. The number of hydrogen-bond donors (Lipinski definition) is 0. The summed E-state index contributed by atoms with van der Waals surface area (Å²) in [5, 5.41) is 10.6. The smallest absolute Gasteiger partial charge is 0.136 e. The van der Waals surface area contributed by atoms with Crippen molar-refractivity contribution in [2.45, 2.75) is 6.42 Å². The quantitative estimate of drug-likeness (QED) is 0.668. The van der Waals surface area contributed by atoms with E-state index in [2.05, 4.69) is 52.7 Å². The highest BCUT2D eigenvalue weighted by molar-refractivity contribution is 5.85. The van der Waals surface area contributed by atoms with Crippen molar-refractivity contribution in [1.29, 1.82) is 0 Å². The van der Waals surface area contributed by atoms with Gasteiger partial charge in [0.25, 0.3) is 0 Å². The summed E-state index contributed by atoms with van der Waals surface area (Å²) in [7, 11) is 1.97. The van der Waals surface area contributed by atoms with Gasteiger partial charge in [0, 0.05) is 13.5 Å². The van der Waals surface area contributed by atoms with Gasteiger partial charge >= 0.3 is 0 Å². The number of aromatic nitrogens is 3. The fraction of sp³-hybridized carbons (Fsp3) is 0.143. The van der Waals surface area contributed by atoms with Crippen molar-refractivity contribution in [2.75, 3.05) is 0 Å². The molecule has 0 atom stereocenters. The third kappa shape index (κ3) is 1.80. The maximum absolute atomic E-state index is 4.13. The lowest BCUT2D eigenvalue weighted by Crippen LogP contribution is -1.98. The Bertz CT molecular complexity index is 650. The van der Waals surface area contributed by atoms with Gasteiger partial charge in [-0.05, 0) is 16.3 Å². The van der Waals surface area contributed by atoms with Crippen molar-refractivity contribution in [3.05, 3.63) is 60.2 Å². The molecule has 0 aliphatic heterocycles. The first-order valence-electron chi connectivity index (χ1n) is 5.64. The zero-order valence-corrected chi connectivity index (χ0v) is 9.67. The minimum Gasteiger partial charge on any atom is -0.320 e. The Morgan fingerprint density at radius 2 is 1.88 bits per heavy atom. The Morgan fingerprint density at radius 3 is 2.71 bits per heavy atom. The molecule has 0 fully saturated rings. The van der Waals surface area contributed by atoms with Gasteiger partial charge in [-0.1, -0.05) is 42.5 Å². The van der Waals surface area contributed by atoms with E-state index in [9.17, 15) is 0 Å². The van der Waals surface area contributed by atoms with Gasteiger partial charge in [0.2, 0.25) is 0 Å². The van der Waals surface area contributed by atoms with Crippen molar-refractivity contribution in [3.8, 4) is 0 Å². The number of aryl methyl sites for hydroxylation is 1. The molecule has 0 N–H and O–H groups in total. The molecule has 0 spiro atoms. The topological polar surface area (TPSA) is 30.7 Å². The summed E-state index contributed by atoms with van der Waals surface area (Å²) in [6, 6.07) is 14.8. The fourth-order valence-electron chi connectivity index (χ4n) is 2.08. The van der Waals surface area contributed by atoms with Crippen LogP contribution >= 0.6 is 0 Å². The van der Waals surface area contributed by atoms with E-state index in [1.165, 1.54) is 16.3 Å². The molecule has 0 radical (unpaired) electrons. The van der Waals surface area contributed by atoms with Crippen LogP contribution in [0.5, 0.6) is 0 Å². The first kappa shape index (κ1) is 10.0. The summed E-state index contributed by atoms with van der Waals surface area (Å²) < 4.78 is 1.96. The van der Waals surface area contributed by atoms with Gasteiger partial charge in [0.15, 0.2) is 0 Å². The van der Waals surface area contributed by atoms with Crippen LogP contribution in [0.2, 0.25) is 0 Å². The molecule has 1 aromatic heterocycles. The molecule has 3 aromatic rings. The second-order valence-corrected chi connectivity index (χ2v) is 4.17. The molecule has 0 bridgehead atoms. The third-order valence-corrected chi connectivity index (χ3v) is 3.03. The molecule has 0 amide bonds. The van der Waals surface area contributed by atoms with E-state index in [-0.39, 0.29) is 0 Å². The van der Waals surface area contributed by atoms with Gasteiger partial charge < -0.3 is 4.57 Å².